The molecule has 2 unspecified atom stereocenters. The van der Waals surface area contributed by atoms with Gasteiger partial charge in [0.2, 0.25) is 0 Å². The lowest BCUT2D eigenvalue weighted by Crippen LogP contribution is -2.48. The van der Waals surface area contributed by atoms with Crippen LogP contribution in [0.5, 0.6) is 0 Å². The summed E-state index contributed by atoms with van der Waals surface area (Å²) in [4.78, 5) is 12.2. The van der Waals surface area contributed by atoms with Crippen LogP contribution in [0.25, 0.3) is 0 Å². The number of carbonyl (C=O) groups is 1. The van der Waals surface area contributed by atoms with Crippen molar-refractivity contribution in [3.05, 3.63) is 0 Å². The van der Waals surface area contributed by atoms with Crippen molar-refractivity contribution in [2.24, 2.45) is 11.1 Å². The molecule has 0 spiro atoms. The molecule has 1 fully saturated rings. The highest BCUT2D eigenvalue weighted by Crippen LogP contribution is 2.36. The number of hydrogen-bond acceptors (Lipinski definition) is 4. The van der Waals surface area contributed by atoms with Gasteiger partial charge < -0.3 is 15.2 Å². The van der Waals surface area contributed by atoms with Crippen LogP contribution in [-0.2, 0) is 14.3 Å². The van der Waals surface area contributed by atoms with E-state index in [0.717, 1.165) is 25.7 Å². The topological polar surface area (TPSA) is 61.5 Å². The minimum absolute atomic E-state index is 0.0748. The lowest BCUT2D eigenvalue weighted by Gasteiger charge is -2.37. The van der Waals surface area contributed by atoms with E-state index in [4.69, 9.17) is 15.2 Å². The first-order valence-electron chi connectivity index (χ1n) is 6.80. The second-order valence-corrected chi connectivity index (χ2v) is 6.12. The van der Waals surface area contributed by atoms with Gasteiger partial charge in [-0.3, -0.25) is 4.79 Å². The van der Waals surface area contributed by atoms with Crippen LogP contribution in [0.15, 0.2) is 0 Å². The van der Waals surface area contributed by atoms with Gasteiger partial charge in [0.15, 0.2) is 0 Å². The van der Waals surface area contributed by atoms with E-state index in [1.54, 1.807) is 7.11 Å². The largest absolute Gasteiger partial charge is 0.465 e. The fourth-order valence-electron chi connectivity index (χ4n) is 2.27. The van der Waals surface area contributed by atoms with E-state index in [1.807, 2.05) is 20.8 Å². The Bertz CT molecular complexity index is 291. The molecule has 2 atom stereocenters. The molecule has 106 valence electrons. The van der Waals surface area contributed by atoms with E-state index < -0.39 is 5.41 Å². The lowest BCUT2D eigenvalue weighted by molar-refractivity contribution is -0.159. The molecule has 1 aliphatic carbocycles. The monoisotopic (exact) mass is 257 g/mol. The van der Waals surface area contributed by atoms with Gasteiger partial charge >= 0.3 is 5.97 Å². The first kappa shape index (κ1) is 15.4. The number of esters is 1. The molecule has 0 aromatic rings. The van der Waals surface area contributed by atoms with Crippen molar-refractivity contribution in [1.82, 2.24) is 0 Å². The Balaban J connectivity index is 2.45. The standard InChI is InChI=1S/C14H27NO3/c1-13(2,17-4)9-10-18-12(16)14(3)8-6-5-7-11(14)15/h11H,5-10,15H2,1-4H3. The molecule has 0 bridgehead atoms. The molecule has 4 heteroatoms. The van der Waals surface area contributed by atoms with E-state index in [1.165, 1.54) is 0 Å². The van der Waals surface area contributed by atoms with E-state index in [9.17, 15) is 4.79 Å². The third-order valence-electron chi connectivity index (χ3n) is 4.24. The average molecular weight is 257 g/mol. The van der Waals surface area contributed by atoms with Gasteiger partial charge in [-0.15, -0.1) is 0 Å². The summed E-state index contributed by atoms with van der Waals surface area (Å²) in [6.45, 7) is 6.28. The highest BCUT2D eigenvalue weighted by molar-refractivity contribution is 5.77. The maximum Gasteiger partial charge on any atom is 0.313 e. The van der Waals surface area contributed by atoms with Crippen LogP contribution < -0.4 is 5.73 Å². The maximum absolute atomic E-state index is 12.2. The van der Waals surface area contributed by atoms with Crippen LogP contribution in [0.1, 0.15) is 52.9 Å². The van der Waals surface area contributed by atoms with Crippen LogP contribution >= 0.6 is 0 Å². The Labute approximate surface area is 110 Å². The van der Waals surface area contributed by atoms with Crippen LogP contribution in [-0.4, -0.2) is 31.3 Å². The number of ether oxygens (including phenoxy) is 2. The Morgan fingerprint density at radius 2 is 2.11 bits per heavy atom. The molecule has 4 nitrogen and oxygen atoms in total. The summed E-state index contributed by atoms with van der Waals surface area (Å²) in [5.74, 6) is -0.151. The molecular formula is C14H27NO3. The SMILES string of the molecule is COC(C)(C)CCOC(=O)C1(C)CCCCC1N. The zero-order valence-corrected chi connectivity index (χ0v) is 12.1. The van der Waals surface area contributed by atoms with Crippen molar-refractivity contribution < 1.29 is 14.3 Å². The summed E-state index contributed by atoms with van der Waals surface area (Å²) >= 11 is 0. The van der Waals surface area contributed by atoms with Crippen LogP contribution in [0.3, 0.4) is 0 Å². The number of rotatable bonds is 5. The van der Waals surface area contributed by atoms with Crippen molar-refractivity contribution in [3.8, 4) is 0 Å². The maximum atomic E-state index is 12.2. The molecule has 1 saturated carbocycles. The fraction of sp³-hybridized carbons (Fsp3) is 0.929. The minimum Gasteiger partial charge on any atom is -0.465 e. The number of hydrogen-bond donors (Lipinski definition) is 1. The van der Waals surface area contributed by atoms with Gasteiger partial charge in [-0.1, -0.05) is 12.8 Å². The molecule has 0 heterocycles. The second-order valence-electron chi connectivity index (χ2n) is 6.12. The van der Waals surface area contributed by atoms with E-state index in [0.29, 0.717) is 13.0 Å². The number of methoxy groups -OCH3 is 1. The van der Waals surface area contributed by atoms with Gasteiger partial charge in [-0.25, -0.2) is 0 Å². The summed E-state index contributed by atoms with van der Waals surface area (Å²) in [6.07, 6.45) is 4.61. The smallest absolute Gasteiger partial charge is 0.313 e. The predicted octanol–water partition coefficient (Wildman–Crippen LogP) is 2.25. The summed E-state index contributed by atoms with van der Waals surface area (Å²) < 4.78 is 10.7. The molecule has 1 rings (SSSR count). The molecule has 0 aromatic carbocycles. The van der Waals surface area contributed by atoms with Crippen molar-refractivity contribution in [3.63, 3.8) is 0 Å². The van der Waals surface area contributed by atoms with Crippen LogP contribution in [0.4, 0.5) is 0 Å². The highest BCUT2D eigenvalue weighted by atomic mass is 16.5. The summed E-state index contributed by atoms with van der Waals surface area (Å²) in [5.41, 5.74) is 5.31. The molecule has 0 amide bonds. The van der Waals surface area contributed by atoms with Gasteiger partial charge in [0.05, 0.1) is 17.6 Å². The third-order valence-corrected chi connectivity index (χ3v) is 4.24. The molecule has 18 heavy (non-hydrogen) atoms. The lowest BCUT2D eigenvalue weighted by atomic mass is 9.72. The van der Waals surface area contributed by atoms with Crippen molar-refractivity contribution >= 4 is 5.97 Å². The molecule has 1 aliphatic rings. The average Bonchev–Trinajstić information content (AvgIpc) is 2.32. The second kappa shape index (κ2) is 6.02. The van der Waals surface area contributed by atoms with Gasteiger partial charge in [0.1, 0.15) is 0 Å². The van der Waals surface area contributed by atoms with E-state index >= 15 is 0 Å². The van der Waals surface area contributed by atoms with Gasteiger partial charge in [-0.2, -0.15) is 0 Å². The molecule has 0 aliphatic heterocycles. The third kappa shape index (κ3) is 3.69. The first-order valence-corrected chi connectivity index (χ1v) is 6.80. The molecular weight excluding hydrogens is 230 g/mol. The Kier molecular flexibility index (Phi) is 5.17. The normalized spacial score (nSPS) is 29.1. The van der Waals surface area contributed by atoms with Crippen molar-refractivity contribution in [2.45, 2.75) is 64.5 Å². The van der Waals surface area contributed by atoms with E-state index in [2.05, 4.69) is 0 Å². The summed E-state index contributed by atoms with van der Waals surface area (Å²) in [5, 5.41) is 0. The van der Waals surface area contributed by atoms with Gasteiger partial charge in [-0.05, 0) is 33.6 Å². The fourth-order valence-corrected chi connectivity index (χ4v) is 2.27. The van der Waals surface area contributed by atoms with Gasteiger partial charge in [0.25, 0.3) is 0 Å². The predicted molar refractivity (Wildman–Crippen MR) is 71.2 cm³/mol. The quantitative estimate of drug-likeness (QED) is 0.767. The Hall–Kier alpha value is -0.610. The molecule has 0 saturated heterocycles. The van der Waals surface area contributed by atoms with Gasteiger partial charge in [0, 0.05) is 19.6 Å². The Morgan fingerprint density at radius 1 is 1.44 bits per heavy atom. The highest BCUT2D eigenvalue weighted by Gasteiger charge is 2.42. The van der Waals surface area contributed by atoms with E-state index in [-0.39, 0.29) is 17.6 Å². The molecule has 0 aromatic heterocycles. The minimum atomic E-state index is -0.504. The molecule has 2 N–H and O–H groups in total. The van der Waals surface area contributed by atoms with Crippen LogP contribution in [0, 0.1) is 5.41 Å². The number of carbonyl (C=O) groups excluding carboxylic acids is 1. The zero-order chi connectivity index (χ0) is 13.8. The summed E-state index contributed by atoms with van der Waals surface area (Å²) in [6, 6.07) is -0.0748. The molecule has 0 radical (unpaired) electrons. The van der Waals surface area contributed by atoms with Crippen molar-refractivity contribution in [2.75, 3.05) is 13.7 Å². The summed E-state index contributed by atoms with van der Waals surface area (Å²) in [7, 11) is 1.67. The Morgan fingerprint density at radius 3 is 2.67 bits per heavy atom. The van der Waals surface area contributed by atoms with Crippen LogP contribution in [0.2, 0.25) is 0 Å². The zero-order valence-electron chi connectivity index (χ0n) is 12.1. The number of nitrogens with two attached hydrogens (primary N) is 1. The van der Waals surface area contributed by atoms with Crippen molar-refractivity contribution in [1.29, 1.82) is 0 Å². The first-order chi connectivity index (χ1) is 8.32.